The molecule has 164 valence electrons. The predicted molar refractivity (Wildman–Crippen MR) is 114 cm³/mol. The minimum absolute atomic E-state index is 0.0251. The average molecular weight is 420 g/mol. The Hall–Kier alpha value is -2.44. The van der Waals surface area contributed by atoms with Crippen LogP contribution in [0.3, 0.4) is 0 Å². The maximum Gasteiger partial charge on any atom is 0.225 e. The molecule has 0 aromatic carbocycles. The number of allylic oxidation sites excluding steroid dienone is 3. The van der Waals surface area contributed by atoms with Crippen LogP contribution in [0.5, 0.6) is 5.75 Å². The molecule has 3 rings (SSSR count). The molecule has 0 aliphatic carbocycles. The lowest BCUT2D eigenvalue weighted by Crippen LogP contribution is -2.35. The number of pyridine rings is 1. The van der Waals surface area contributed by atoms with Gasteiger partial charge in [-0.05, 0) is 50.2 Å². The van der Waals surface area contributed by atoms with E-state index in [-0.39, 0.29) is 23.9 Å². The van der Waals surface area contributed by atoms with Crippen molar-refractivity contribution in [3.05, 3.63) is 41.3 Å². The van der Waals surface area contributed by atoms with Crippen LogP contribution < -0.4 is 10.1 Å². The van der Waals surface area contributed by atoms with Crippen molar-refractivity contribution in [1.82, 2.24) is 9.88 Å². The number of nitrogens with zero attached hydrogens (tertiary/aromatic N) is 2. The van der Waals surface area contributed by atoms with Crippen LogP contribution >= 0.6 is 0 Å². The maximum atomic E-state index is 14.6. The van der Waals surface area contributed by atoms with Gasteiger partial charge in [0.25, 0.3) is 0 Å². The summed E-state index contributed by atoms with van der Waals surface area (Å²) in [6, 6.07) is 1.83. The highest BCUT2D eigenvalue weighted by Gasteiger charge is 2.26. The quantitative estimate of drug-likeness (QED) is 0.581. The standard InChI is InChI=1S/C23H31F2N3O2/c1-3-5-6-19(25)22(18(24)4-2)28-13-10-16(11-14-28)15-30-20-9-12-26-23-17(20)7-8-21(29)27-23/h6,9,12,16H,3-5,7-8,10-11,13-15H2,1-2H3,(H,26,27,29)/b19-6+,22-18-. The summed E-state index contributed by atoms with van der Waals surface area (Å²) < 4.78 is 35.1. The van der Waals surface area contributed by atoms with Crippen LogP contribution in [0, 0.1) is 5.92 Å². The van der Waals surface area contributed by atoms with Gasteiger partial charge >= 0.3 is 0 Å². The van der Waals surface area contributed by atoms with Crippen LogP contribution in [0.15, 0.2) is 35.7 Å². The van der Waals surface area contributed by atoms with Gasteiger partial charge in [-0.1, -0.05) is 20.3 Å². The number of likely N-dealkylation sites (tertiary alicyclic amines) is 1. The number of rotatable bonds is 8. The summed E-state index contributed by atoms with van der Waals surface area (Å²) >= 11 is 0. The lowest BCUT2D eigenvalue weighted by molar-refractivity contribution is -0.116. The highest BCUT2D eigenvalue weighted by atomic mass is 19.1. The first-order valence-electron chi connectivity index (χ1n) is 10.9. The maximum absolute atomic E-state index is 14.6. The van der Waals surface area contributed by atoms with Crippen molar-refractivity contribution < 1.29 is 18.3 Å². The normalized spacial score (nSPS) is 18.6. The van der Waals surface area contributed by atoms with Crippen LogP contribution in [-0.4, -0.2) is 35.5 Å². The molecular weight excluding hydrogens is 388 g/mol. The summed E-state index contributed by atoms with van der Waals surface area (Å²) in [5.74, 6) is 0.794. The molecule has 0 spiro atoms. The Morgan fingerprint density at radius 3 is 2.77 bits per heavy atom. The van der Waals surface area contributed by atoms with Crippen molar-refractivity contribution >= 4 is 11.7 Å². The smallest absolute Gasteiger partial charge is 0.225 e. The molecule has 1 amide bonds. The average Bonchev–Trinajstić information content (AvgIpc) is 2.76. The fourth-order valence-corrected chi connectivity index (χ4v) is 3.91. The number of amides is 1. The Kier molecular flexibility index (Phi) is 7.82. The second-order valence-electron chi connectivity index (χ2n) is 7.87. The molecule has 1 N–H and O–H groups in total. The summed E-state index contributed by atoms with van der Waals surface area (Å²) in [5.41, 5.74) is 1.07. The highest BCUT2D eigenvalue weighted by Crippen LogP contribution is 2.32. The Morgan fingerprint density at radius 1 is 1.30 bits per heavy atom. The van der Waals surface area contributed by atoms with E-state index in [2.05, 4.69) is 10.3 Å². The number of fused-ring (bicyclic) bond motifs is 1. The van der Waals surface area contributed by atoms with Gasteiger partial charge in [-0.25, -0.2) is 13.8 Å². The lowest BCUT2D eigenvalue weighted by Gasteiger charge is -2.35. The van der Waals surface area contributed by atoms with Crippen LogP contribution in [-0.2, 0) is 11.2 Å². The number of aromatic nitrogens is 1. The number of carbonyl (C=O) groups is 1. The first-order valence-corrected chi connectivity index (χ1v) is 10.9. The van der Waals surface area contributed by atoms with Crippen LogP contribution in [0.1, 0.15) is 57.9 Å². The van der Waals surface area contributed by atoms with Gasteiger partial charge in [0.05, 0.1) is 6.61 Å². The Morgan fingerprint density at radius 2 is 2.07 bits per heavy atom. The fraction of sp³-hybridized carbons (Fsp3) is 0.565. The van der Waals surface area contributed by atoms with Gasteiger partial charge in [-0.3, -0.25) is 4.79 Å². The molecule has 5 nitrogen and oxygen atoms in total. The van der Waals surface area contributed by atoms with Gasteiger partial charge < -0.3 is 15.0 Å². The van der Waals surface area contributed by atoms with E-state index in [1.165, 1.54) is 6.08 Å². The molecule has 7 heteroatoms. The molecule has 1 fully saturated rings. The van der Waals surface area contributed by atoms with E-state index in [0.717, 1.165) is 30.6 Å². The summed E-state index contributed by atoms with van der Waals surface area (Å²) in [4.78, 5) is 17.6. The fourth-order valence-electron chi connectivity index (χ4n) is 3.91. The molecule has 1 aromatic heterocycles. The van der Waals surface area contributed by atoms with Crippen molar-refractivity contribution in [2.45, 2.75) is 58.8 Å². The second kappa shape index (κ2) is 10.5. The third-order valence-corrected chi connectivity index (χ3v) is 5.68. The molecule has 0 bridgehead atoms. The van der Waals surface area contributed by atoms with Gasteiger partial charge in [0.15, 0.2) is 0 Å². The minimum atomic E-state index is -0.448. The number of piperidine rings is 1. The molecule has 2 aliphatic heterocycles. The van der Waals surface area contributed by atoms with Gasteiger partial charge in [0.1, 0.15) is 28.9 Å². The van der Waals surface area contributed by atoms with Gasteiger partial charge in [0, 0.05) is 31.3 Å². The zero-order chi connectivity index (χ0) is 21.5. The summed E-state index contributed by atoms with van der Waals surface area (Å²) in [5, 5.41) is 2.78. The molecule has 30 heavy (non-hydrogen) atoms. The van der Waals surface area contributed by atoms with Crippen molar-refractivity contribution in [2.75, 3.05) is 25.0 Å². The second-order valence-corrected chi connectivity index (χ2v) is 7.87. The SMILES string of the molecule is CCC/C=C(F)\C(=C(\F)CC)N1CCC(COc2ccnc3c2CCC(=O)N3)CC1. The molecule has 1 aromatic rings. The van der Waals surface area contributed by atoms with E-state index in [4.69, 9.17) is 4.74 Å². The van der Waals surface area contributed by atoms with E-state index >= 15 is 0 Å². The zero-order valence-electron chi connectivity index (χ0n) is 17.8. The molecular formula is C23H31F2N3O2. The number of nitrogens with one attached hydrogen (secondary N) is 1. The predicted octanol–water partition coefficient (Wildman–Crippen LogP) is 5.30. The van der Waals surface area contributed by atoms with Crippen molar-refractivity contribution in [3.63, 3.8) is 0 Å². The number of hydrogen-bond donors (Lipinski definition) is 1. The molecule has 0 atom stereocenters. The summed E-state index contributed by atoms with van der Waals surface area (Å²) in [6.45, 7) is 5.44. The van der Waals surface area contributed by atoms with E-state index in [1.54, 1.807) is 13.1 Å². The largest absolute Gasteiger partial charge is 0.493 e. The summed E-state index contributed by atoms with van der Waals surface area (Å²) in [6.07, 6.45) is 7.43. The van der Waals surface area contributed by atoms with E-state index in [9.17, 15) is 13.6 Å². The van der Waals surface area contributed by atoms with Crippen LogP contribution in [0.2, 0.25) is 0 Å². The third-order valence-electron chi connectivity index (χ3n) is 5.68. The van der Waals surface area contributed by atoms with E-state index in [1.807, 2.05) is 17.9 Å². The highest BCUT2D eigenvalue weighted by molar-refractivity contribution is 5.93. The molecule has 0 unspecified atom stereocenters. The number of hydrogen-bond acceptors (Lipinski definition) is 4. The van der Waals surface area contributed by atoms with Crippen molar-refractivity contribution in [3.8, 4) is 5.75 Å². The Bertz CT molecular complexity index is 815. The Labute approximate surface area is 177 Å². The monoisotopic (exact) mass is 419 g/mol. The number of unbranched alkanes of at least 4 members (excludes halogenated alkanes) is 1. The first-order chi connectivity index (χ1) is 14.5. The molecule has 0 radical (unpaired) electrons. The van der Waals surface area contributed by atoms with Crippen LogP contribution in [0.25, 0.3) is 0 Å². The van der Waals surface area contributed by atoms with Crippen molar-refractivity contribution in [1.29, 1.82) is 0 Å². The van der Waals surface area contributed by atoms with Gasteiger partial charge in [0.2, 0.25) is 5.91 Å². The summed E-state index contributed by atoms with van der Waals surface area (Å²) in [7, 11) is 0. The first kappa shape index (κ1) is 22.2. The lowest BCUT2D eigenvalue weighted by atomic mass is 9.96. The minimum Gasteiger partial charge on any atom is -0.493 e. The number of carbonyl (C=O) groups excluding carboxylic acids is 1. The molecule has 0 saturated carbocycles. The van der Waals surface area contributed by atoms with Gasteiger partial charge in [-0.15, -0.1) is 0 Å². The molecule has 2 aliphatic rings. The van der Waals surface area contributed by atoms with Gasteiger partial charge in [-0.2, -0.15) is 0 Å². The number of halogens is 2. The Balaban J connectivity index is 1.58. The molecule has 1 saturated heterocycles. The van der Waals surface area contributed by atoms with Crippen molar-refractivity contribution in [2.24, 2.45) is 5.92 Å². The van der Waals surface area contributed by atoms with E-state index < -0.39 is 5.83 Å². The number of anilines is 1. The third kappa shape index (κ3) is 5.37. The topological polar surface area (TPSA) is 54.5 Å². The van der Waals surface area contributed by atoms with E-state index in [0.29, 0.717) is 50.7 Å². The number of ether oxygens (including phenoxy) is 1. The zero-order valence-corrected chi connectivity index (χ0v) is 17.8. The molecule has 3 heterocycles. The van der Waals surface area contributed by atoms with Crippen LogP contribution in [0.4, 0.5) is 14.6 Å².